The number of nitrogens with one attached hydrogen (secondary N) is 1. The van der Waals surface area contributed by atoms with Crippen molar-refractivity contribution in [1.29, 1.82) is 0 Å². The van der Waals surface area contributed by atoms with Gasteiger partial charge in [0.2, 0.25) is 5.91 Å². The highest BCUT2D eigenvalue weighted by molar-refractivity contribution is 5.87. The Bertz CT molecular complexity index is 704. The Balaban J connectivity index is 1.79. The Kier molecular flexibility index (Phi) is 8.87. The smallest absolute Gasteiger partial charge is 0.232 e. The molecule has 0 aromatic heterocycles. The molecule has 1 atom stereocenters. The number of benzene rings is 2. The van der Waals surface area contributed by atoms with E-state index in [1.54, 1.807) is 0 Å². The Morgan fingerprint density at radius 1 is 0.967 bits per heavy atom. The molecule has 30 heavy (non-hydrogen) atoms. The Hall–Kier alpha value is -2.21. The lowest BCUT2D eigenvalue weighted by Crippen LogP contribution is -2.52. The second-order valence-electron chi connectivity index (χ2n) is 7.86. The summed E-state index contributed by atoms with van der Waals surface area (Å²) < 4.78 is 5.50. The van der Waals surface area contributed by atoms with Crippen molar-refractivity contribution in [3.05, 3.63) is 71.8 Å². The first-order valence-electron chi connectivity index (χ1n) is 11.1. The van der Waals surface area contributed by atoms with Gasteiger partial charge in [-0.2, -0.15) is 0 Å². The van der Waals surface area contributed by atoms with Gasteiger partial charge >= 0.3 is 0 Å². The third-order valence-electron chi connectivity index (χ3n) is 5.83. The molecule has 0 aliphatic carbocycles. The van der Waals surface area contributed by atoms with E-state index < -0.39 is 0 Å². The van der Waals surface area contributed by atoms with Crippen LogP contribution in [0, 0.1) is 0 Å². The van der Waals surface area contributed by atoms with Gasteiger partial charge in [0.05, 0.1) is 25.2 Å². The summed E-state index contributed by atoms with van der Waals surface area (Å²) in [5.74, 6) is -0.242. The van der Waals surface area contributed by atoms with E-state index in [0.29, 0.717) is 0 Å². The monoisotopic (exact) mass is 409 g/mol. The molecule has 5 heteroatoms. The van der Waals surface area contributed by atoms with Crippen LogP contribution in [0.15, 0.2) is 60.7 Å². The fourth-order valence-corrected chi connectivity index (χ4v) is 4.11. The number of amides is 1. The molecule has 0 radical (unpaired) electrons. The van der Waals surface area contributed by atoms with Gasteiger partial charge < -0.3 is 15.0 Å². The second kappa shape index (κ2) is 11.8. The molecule has 2 aromatic rings. The fraction of sp³-hybridized carbons (Fsp3) is 0.480. The molecule has 1 saturated heterocycles. The minimum absolute atomic E-state index is 0.0674. The van der Waals surface area contributed by atoms with Crippen molar-refractivity contribution in [3.8, 4) is 0 Å². The van der Waals surface area contributed by atoms with Gasteiger partial charge in [0, 0.05) is 26.2 Å². The molecule has 1 aliphatic rings. The van der Waals surface area contributed by atoms with Crippen molar-refractivity contribution in [3.63, 3.8) is 0 Å². The first kappa shape index (κ1) is 22.5. The molecule has 5 nitrogen and oxygen atoms in total. The summed E-state index contributed by atoms with van der Waals surface area (Å²) in [5, 5.41) is 3.40. The van der Waals surface area contributed by atoms with Crippen LogP contribution >= 0.6 is 0 Å². The average Bonchev–Trinajstić information content (AvgIpc) is 2.79. The highest BCUT2D eigenvalue weighted by atomic mass is 16.5. The summed E-state index contributed by atoms with van der Waals surface area (Å²) in [4.78, 5) is 18.4. The topological polar surface area (TPSA) is 44.8 Å². The van der Waals surface area contributed by atoms with Crippen molar-refractivity contribution in [1.82, 2.24) is 15.1 Å². The van der Waals surface area contributed by atoms with Gasteiger partial charge in [0.1, 0.15) is 0 Å². The first-order valence-corrected chi connectivity index (χ1v) is 11.1. The molecule has 2 aromatic carbocycles. The van der Waals surface area contributed by atoms with Gasteiger partial charge in [-0.15, -0.1) is 0 Å². The predicted molar refractivity (Wildman–Crippen MR) is 122 cm³/mol. The second-order valence-corrected chi connectivity index (χ2v) is 7.86. The molecule has 0 saturated carbocycles. The minimum atomic E-state index is -0.309. The van der Waals surface area contributed by atoms with E-state index in [-0.39, 0.29) is 17.9 Å². The van der Waals surface area contributed by atoms with Crippen LogP contribution in [-0.2, 0) is 9.53 Å². The highest BCUT2D eigenvalue weighted by Crippen LogP contribution is 2.25. The summed E-state index contributed by atoms with van der Waals surface area (Å²) in [5.41, 5.74) is 2.04. The Morgan fingerprint density at radius 3 is 2.00 bits per heavy atom. The molecule has 1 aliphatic heterocycles. The lowest BCUT2D eigenvalue weighted by molar-refractivity contribution is -0.122. The number of hydrogen-bond acceptors (Lipinski definition) is 4. The van der Waals surface area contributed by atoms with Gasteiger partial charge in [0.25, 0.3) is 0 Å². The summed E-state index contributed by atoms with van der Waals surface area (Å²) >= 11 is 0. The van der Waals surface area contributed by atoms with E-state index in [4.69, 9.17) is 4.74 Å². The van der Waals surface area contributed by atoms with Crippen molar-refractivity contribution in [2.45, 2.75) is 25.8 Å². The van der Waals surface area contributed by atoms with Crippen LogP contribution in [0.1, 0.15) is 30.9 Å². The predicted octanol–water partition coefficient (Wildman–Crippen LogP) is 2.98. The van der Waals surface area contributed by atoms with E-state index in [2.05, 4.69) is 29.0 Å². The fourth-order valence-electron chi connectivity index (χ4n) is 4.11. The number of morpholine rings is 1. The third-order valence-corrected chi connectivity index (χ3v) is 5.83. The highest BCUT2D eigenvalue weighted by Gasteiger charge is 2.27. The van der Waals surface area contributed by atoms with Crippen LogP contribution in [0.4, 0.5) is 0 Å². The molecule has 1 fully saturated rings. The van der Waals surface area contributed by atoms with Crippen LogP contribution in [-0.4, -0.2) is 74.2 Å². The maximum absolute atomic E-state index is 13.6. The Morgan fingerprint density at radius 2 is 1.50 bits per heavy atom. The SMILES string of the molecule is CCN(CC)CC(CN1CCOCC1)NC(=O)C(c1ccccc1)c1ccccc1. The van der Waals surface area contributed by atoms with Gasteiger partial charge in [-0.05, 0) is 24.2 Å². The van der Waals surface area contributed by atoms with Gasteiger partial charge in [-0.1, -0.05) is 74.5 Å². The largest absolute Gasteiger partial charge is 0.379 e. The van der Waals surface area contributed by atoms with Crippen LogP contribution in [0.2, 0.25) is 0 Å². The summed E-state index contributed by atoms with van der Waals surface area (Å²) in [7, 11) is 0. The van der Waals surface area contributed by atoms with Crippen molar-refractivity contribution in [2.24, 2.45) is 0 Å². The number of nitrogens with zero attached hydrogens (tertiary/aromatic N) is 2. The van der Waals surface area contributed by atoms with E-state index in [1.165, 1.54) is 0 Å². The van der Waals surface area contributed by atoms with E-state index in [1.807, 2.05) is 60.7 Å². The number of carbonyl (C=O) groups is 1. The van der Waals surface area contributed by atoms with Crippen LogP contribution in [0.3, 0.4) is 0 Å². The average molecular weight is 410 g/mol. The van der Waals surface area contributed by atoms with Crippen molar-refractivity contribution < 1.29 is 9.53 Å². The number of rotatable bonds is 10. The molecular weight excluding hydrogens is 374 g/mol. The minimum Gasteiger partial charge on any atom is -0.379 e. The molecule has 0 bridgehead atoms. The maximum Gasteiger partial charge on any atom is 0.232 e. The zero-order valence-electron chi connectivity index (χ0n) is 18.3. The van der Waals surface area contributed by atoms with Gasteiger partial charge in [-0.25, -0.2) is 0 Å². The summed E-state index contributed by atoms with van der Waals surface area (Å²) in [6.45, 7) is 11.4. The summed E-state index contributed by atoms with van der Waals surface area (Å²) in [6, 6.07) is 20.2. The lowest BCUT2D eigenvalue weighted by atomic mass is 9.90. The van der Waals surface area contributed by atoms with E-state index in [9.17, 15) is 4.79 Å². The van der Waals surface area contributed by atoms with E-state index in [0.717, 1.165) is 63.6 Å². The maximum atomic E-state index is 13.6. The lowest BCUT2D eigenvalue weighted by Gasteiger charge is -2.34. The van der Waals surface area contributed by atoms with Crippen molar-refractivity contribution in [2.75, 3.05) is 52.5 Å². The zero-order valence-corrected chi connectivity index (χ0v) is 18.3. The molecule has 3 rings (SSSR count). The molecule has 0 spiro atoms. The number of likely N-dealkylation sites (N-methyl/N-ethyl adjacent to an activating group) is 1. The summed E-state index contributed by atoms with van der Waals surface area (Å²) in [6.07, 6.45) is 0. The van der Waals surface area contributed by atoms with Gasteiger partial charge in [0.15, 0.2) is 0 Å². The molecule has 1 unspecified atom stereocenters. The standard InChI is InChI=1S/C25H35N3O2/c1-3-27(4-2)19-23(20-28-15-17-30-18-16-28)26-25(29)24(21-11-7-5-8-12-21)22-13-9-6-10-14-22/h5-14,23-24H,3-4,15-20H2,1-2H3,(H,26,29). The van der Waals surface area contributed by atoms with Gasteiger partial charge in [-0.3, -0.25) is 9.69 Å². The first-order chi connectivity index (χ1) is 14.7. The third kappa shape index (κ3) is 6.39. The molecule has 1 heterocycles. The van der Waals surface area contributed by atoms with E-state index >= 15 is 0 Å². The zero-order chi connectivity index (χ0) is 21.2. The number of hydrogen-bond donors (Lipinski definition) is 1. The number of carbonyl (C=O) groups excluding carboxylic acids is 1. The van der Waals surface area contributed by atoms with Crippen molar-refractivity contribution >= 4 is 5.91 Å². The molecule has 162 valence electrons. The van der Waals surface area contributed by atoms with Crippen LogP contribution in [0.5, 0.6) is 0 Å². The number of ether oxygens (including phenoxy) is 1. The normalized spacial score (nSPS) is 16.0. The van der Waals surface area contributed by atoms with Crippen LogP contribution < -0.4 is 5.32 Å². The molecular formula is C25H35N3O2. The molecule has 1 amide bonds. The van der Waals surface area contributed by atoms with Crippen LogP contribution in [0.25, 0.3) is 0 Å². The quantitative estimate of drug-likeness (QED) is 0.655. The Labute approximate surface area is 181 Å². The molecule has 1 N–H and O–H groups in total.